The van der Waals surface area contributed by atoms with Gasteiger partial charge >= 0.3 is 5.97 Å². The minimum Gasteiger partial charge on any atom is -0.479 e. The summed E-state index contributed by atoms with van der Waals surface area (Å²) in [5.74, 6) is -1.58. The molecule has 2 rings (SSSR count). The Kier molecular flexibility index (Phi) is 5.32. The molecule has 0 saturated carbocycles. The van der Waals surface area contributed by atoms with Crippen molar-refractivity contribution in [3.8, 4) is 0 Å². The number of hydrogen-bond acceptors (Lipinski definition) is 10. The highest BCUT2D eigenvalue weighted by Crippen LogP contribution is 2.26. The third-order valence-corrected chi connectivity index (χ3v) is 3.58. The first-order valence-corrected chi connectivity index (χ1v) is 6.47. The maximum Gasteiger partial charge on any atom is 0.335 e. The Bertz CT molecular complexity index is 403. The van der Waals surface area contributed by atoms with Crippen LogP contribution in [0.2, 0.25) is 0 Å². The number of rotatable bonds is 3. The Morgan fingerprint density at radius 3 is 2.14 bits per heavy atom. The Labute approximate surface area is 123 Å². The summed E-state index contributed by atoms with van der Waals surface area (Å²) in [4.78, 5) is 10.9. The predicted octanol–water partition coefficient (Wildman–Crippen LogP) is -4.67. The second-order valence-electron chi connectivity index (χ2n) is 5.11. The first-order chi connectivity index (χ1) is 10.2. The van der Waals surface area contributed by atoms with Gasteiger partial charge in [0, 0.05) is 0 Å². The van der Waals surface area contributed by atoms with Crippen LogP contribution in [0.5, 0.6) is 0 Å². The first kappa shape index (κ1) is 17.5. The van der Waals surface area contributed by atoms with Gasteiger partial charge in [-0.2, -0.15) is 0 Å². The molecule has 2 aliphatic heterocycles. The van der Waals surface area contributed by atoms with Gasteiger partial charge in [0.25, 0.3) is 0 Å². The monoisotopic (exact) mass is 326 g/mol. The number of carbonyl (C=O) groups is 1. The van der Waals surface area contributed by atoms with E-state index >= 15 is 0 Å². The molecule has 2 aliphatic rings. The summed E-state index contributed by atoms with van der Waals surface area (Å²) in [6.45, 7) is -0.373. The molecule has 0 amide bonds. The van der Waals surface area contributed by atoms with Gasteiger partial charge in [-0.25, -0.2) is 4.79 Å². The summed E-state index contributed by atoms with van der Waals surface area (Å²) in [6.07, 6.45) is -15.2. The second-order valence-corrected chi connectivity index (χ2v) is 5.11. The number of carboxylic acids is 1. The van der Waals surface area contributed by atoms with Crippen LogP contribution in [0.25, 0.3) is 0 Å². The lowest BCUT2D eigenvalue weighted by Crippen LogP contribution is -2.62. The number of carboxylic acid groups (broad SMARTS) is 1. The third-order valence-electron chi connectivity index (χ3n) is 3.58. The minimum absolute atomic E-state index is 0.373. The van der Waals surface area contributed by atoms with E-state index in [-0.39, 0.29) is 6.61 Å². The number of aliphatic hydroxyl groups excluding tert-OH is 6. The molecular formula is C11H18O11. The SMILES string of the molecule is O=C(O)[C@H]1O[C@H](O[C@@H]2COC(O)[C@H](O)[C@H]2O)[C@H](O)[C@@H](O)[C@@H]1O. The van der Waals surface area contributed by atoms with Gasteiger partial charge in [-0.15, -0.1) is 0 Å². The lowest BCUT2D eigenvalue weighted by molar-refractivity contribution is -0.335. The molecule has 0 aromatic carbocycles. The minimum atomic E-state index is -1.87. The fourth-order valence-corrected chi connectivity index (χ4v) is 2.24. The molecular weight excluding hydrogens is 308 g/mol. The Hall–Kier alpha value is -0.890. The van der Waals surface area contributed by atoms with Crippen molar-refractivity contribution in [3.63, 3.8) is 0 Å². The number of aliphatic hydroxyl groups is 6. The molecule has 11 nitrogen and oxygen atoms in total. The van der Waals surface area contributed by atoms with Crippen LogP contribution in [-0.2, 0) is 19.0 Å². The smallest absolute Gasteiger partial charge is 0.335 e. The van der Waals surface area contributed by atoms with Gasteiger partial charge in [0.15, 0.2) is 18.7 Å². The van der Waals surface area contributed by atoms with Gasteiger partial charge in [0.05, 0.1) is 6.61 Å². The first-order valence-electron chi connectivity index (χ1n) is 6.47. The third kappa shape index (κ3) is 3.22. The average molecular weight is 326 g/mol. The van der Waals surface area contributed by atoms with E-state index in [1.807, 2.05) is 0 Å². The van der Waals surface area contributed by atoms with Gasteiger partial charge in [0.1, 0.15) is 36.6 Å². The van der Waals surface area contributed by atoms with Crippen LogP contribution in [0.4, 0.5) is 0 Å². The molecule has 2 heterocycles. The quantitative estimate of drug-likeness (QED) is 0.264. The molecule has 0 radical (unpaired) electrons. The standard InChI is InChI=1S/C11H18O11/c12-3-2(1-20-10(19)6(3)15)21-11-7(16)4(13)5(14)8(22-11)9(17)18/h2-8,10-16,19H,1H2,(H,17,18)/t2-,3+,4+,5+,6-,7-,8+,10?,11+/m1/s1. The maximum atomic E-state index is 10.9. The molecule has 2 saturated heterocycles. The summed E-state index contributed by atoms with van der Waals surface area (Å²) in [5.41, 5.74) is 0. The Morgan fingerprint density at radius 1 is 0.909 bits per heavy atom. The summed E-state index contributed by atoms with van der Waals surface area (Å²) in [5, 5.41) is 66.2. The summed E-state index contributed by atoms with van der Waals surface area (Å²) in [7, 11) is 0. The Balaban J connectivity index is 2.06. The topological polar surface area (TPSA) is 186 Å². The molecule has 0 aromatic rings. The van der Waals surface area contributed by atoms with Crippen LogP contribution in [0, 0.1) is 0 Å². The van der Waals surface area contributed by atoms with E-state index in [4.69, 9.17) is 19.3 Å². The van der Waals surface area contributed by atoms with Crippen molar-refractivity contribution in [3.05, 3.63) is 0 Å². The molecule has 2 fully saturated rings. The van der Waals surface area contributed by atoms with E-state index in [0.29, 0.717) is 0 Å². The largest absolute Gasteiger partial charge is 0.479 e. The zero-order valence-corrected chi connectivity index (χ0v) is 11.2. The van der Waals surface area contributed by atoms with Gasteiger partial charge < -0.3 is 50.0 Å². The van der Waals surface area contributed by atoms with Crippen molar-refractivity contribution in [2.45, 2.75) is 55.3 Å². The summed E-state index contributed by atoms with van der Waals surface area (Å²) < 4.78 is 14.7. The fraction of sp³-hybridized carbons (Fsp3) is 0.909. The zero-order valence-electron chi connectivity index (χ0n) is 11.2. The highest BCUT2D eigenvalue weighted by molar-refractivity contribution is 5.73. The van der Waals surface area contributed by atoms with Crippen molar-refractivity contribution in [2.75, 3.05) is 6.61 Å². The van der Waals surface area contributed by atoms with Crippen molar-refractivity contribution >= 4 is 5.97 Å². The summed E-state index contributed by atoms with van der Waals surface area (Å²) in [6, 6.07) is 0. The van der Waals surface area contributed by atoms with Gasteiger partial charge in [0.2, 0.25) is 0 Å². The molecule has 0 spiro atoms. The van der Waals surface area contributed by atoms with E-state index in [0.717, 1.165) is 0 Å². The molecule has 128 valence electrons. The lowest BCUT2D eigenvalue weighted by Gasteiger charge is -2.42. The molecule has 22 heavy (non-hydrogen) atoms. The maximum absolute atomic E-state index is 10.9. The van der Waals surface area contributed by atoms with Crippen LogP contribution in [-0.4, -0.2) is 104 Å². The highest BCUT2D eigenvalue weighted by atomic mass is 16.7. The van der Waals surface area contributed by atoms with Crippen LogP contribution >= 0.6 is 0 Å². The molecule has 0 bridgehead atoms. The van der Waals surface area contributed by atoms with Crippen LogP contribution in [0.3, 0.4) is 0 Å². The van der Waals surface area contributed by atoms with Crippen molar-refractivity contribution in [2.24, 2.45) is 0 Å². The molecule has 9 atom stereocenters. The Morgan fingerprint density at radius 2 is 1.55 bits per heavy atom. The number of ether oxygens (including phenoxy) is 3. The van der Waals surface area contributed by atoms with Crippen LogP contribution in [0.15, 0.2) is 0 Å². The highest BCUT2D eigenvalue weighted by Gasteiger charge is 2.49. The zero-order chi connectivity index (χ0) is 16.6. The van der Waals surface area contributed by atoms with E-state index < -0.39 is 61.3 Å². The number of hydrogen-bond donors (Lipinski definition) is 7. The molecule has 0 aromatic heterocycles. The van der Waals surface area contributed by atoms with Crippen LogP contribution < -0.4 is 0 Å². The number of aliphatic carboxylic acids is 1. The normalized spacial score (nSPS) is 49.8. The van der Waals surface area contributed by atoms with Crippen molar-refractivity contribution in [1.82, 2.24) is 0 Å². The fourth-order valence-electron chi connectivity index (χ4n) is 2.24. The predicted molar refractivity (Wildman–Crippen MR) is 63.2 cm³/mol. The van der Waals surface area contributed by atoms with E-state index in [1.54, 1.807) is 0 Å². The second kappa shape index (κ2) is 6.70. The van der Waals surface area contributed by atoms with Gasteiger partial charge in [-0.1, -0.05) is 0 Å². The summed E-state index contributed by atoms with van der Waals surface area (Å²) >= 11 is 0. The molecule has 0 aliphatic carbocycles. The lowest BCUT2D eigenvalue weighted by atomic mass is 9.98. The van der Waals surface area contributed by atoms with Crippen molar-refractivity contribution in [1.29, 1.82) is 0 Å². The van der Waals surface area contributed by atoms with Gasteiger partial charge in [-0.05, 0) is 0 Å². The van der Waals surface area contributed by atoms with Gasteiger partial charge in [-0.3, -0.25) is 0 Å². The average Bonchev–Trinajstić information content (AvgIpc) is 2.47. The van der Waals surface area contributed by atoms with E-state index in [2.05, 4.69) is 0 Å². The molecule has 11 heteroatoms. The molecule has 7 N–H and O–H groups in total. The van der Waals surface area contributed by atoms with E-state index in [9.17, 15) is 35.4 Å². The van der Waals surface area contributed by atoms with Crippen molar-refractivity contribution < 1.29 is 54.8 Å². The van der Waals surface area contributed by atoms with E-state index in [1.165, 1.54) is 0 Å². The molecule has 1 unspecified atom stereocenters. The van der Waals surface area contributed by atoms with Crippen LogP contribution in [0.1, 0.15) is 0 Å².